The van der Waals surface area contributed by atoms with Gasteiger partial charge >= 0.3 is 0 Å². The quantitative estimate of drug-likeness (QED) is 0.825. The molecule has 4 heteroatoms. The van der Waals surface area contributed by atoms with Gasteiger partial charge in [0, 0.05) is 11.6 Å². The third-order valence-corrected chi connectivity index (χ3v) is 4.24. The molecule has 1 aromatic heterocycles. The van der Waals surface area contributed by atoms with Crippen LogP contribution in [0.5, 0.6) is 0 Å². The van der Waals surface area contributed by atoms with Gasteiger partial charge in [-0.3, -0.25) is 0 Å². The van der Waals surface area contributed by atoms with Crippen molar-refractivity contribution >= 4 is 22.4 Å². The van der Waals surface area contributed by atoms with Crippen LogP contribution in [0, 0.1) is 5.92 Å². The molecule has 1 unspecified atom stereocenters. The highest BCUT2D eigenvalue weighted by Gasteiger charge is 2.33. The summed E-state index contributed by atoms with van der Waals surface area (Å²) in [7, 11) is 0. The number of nitrogens with zero attached hydrogens (tertiary/aromatic N) is 1. The number of hydrogen-bond acceptors (Lipinski definition) is 4. The van der Waals surface area contributed by atoms with Gasteiger partial charge in [0.25, 0.3) is 0 Å². The lowest BCUT2D eigenvalue weighted by Gasteiger charge is -2.13. The van der Waals surface area contributed by atoms with Gasteiger partial charge in [0.1, 0.15) is 10.8 Å². The second-order valence-electron chi connectivity index (χ2n) is 4.86. The van der Waals surface area contributed by atoms with Crippen LogP contribution in [0.4, 0.5) is 10.8 Å². The maximum absolute atomic E-state index is 5.91. The smallest absolute Gasteiger partial charge is 0.142 e. The van der Waals surface area contributed by atoms with Gasteiger partial charge in [-0.25, -0.2) is 0 Å². The Kier molecular flexibility index (Phi) is 2.12. The van der Waals surface area contributed by atoms with Crippen molar-refractivity contribution in [1.82, 2.24) is 4.37 Å². The van der Waals surface area contributed by atoms with Crippen molar-refractivity contribution in [2.24, 2.45) is 5.92 Å². The van der Waals surface area contributed by atoms with Gasteiger partial charge in [-0.15, -0.1) is 0 Å². The van der Waals surface area contributed by atoms with Crippen molar-refractivity contribution in [1.29, 1.82) is 0 Å². The van der Waals surface area contributed by atoms with E-state index in [0.29, 0.717) is 12.0 Å². The van der Waals surface area contributed by atoms with E-state index >= 15 is 0 Å². The summed E-state index contributed by atoms with van der Waals surface area (Å²) in [4.78, 5) is 0. The van der Waals surface area contributed by atoms with Crippen LogP contribution in [0.25, 0.3) is 0 Å². The van der Waals surface area contributed by atoms with Crippen molar-refractivity contribution in [2.45, 2.75) is 44.6 Å². The number of aromatic nitrogens is 1. The molecule has 2 aliphatic rings. The van der Waals surface area contributed by atoms with Gasteiger partial charge in [0.2, 0.25) is 0 Å². The third kappa shape index (κ3) is 1.83. The number of nitrogens with two attached hydrogens (primary N) is 1. The maximum Gasteiger partial charge on any atom is 0.142 e. The molecular formula is C11H17N3S. The monoisotopic (exact) mass is 223 g/mol. The summed E-state index contributed by atoms with van der Waals surface area (Å²) in [5.74, 6) is 2.33. The SMILES string of the molecule is CC(Nc1snc(N)c1C1CC1)C1CC1. The minimum absolute atomic E-state index is 0.586. The van der Waals surface area contributed by atoms with Crippen LogP contribution in [-0.2, 0) is 0 Å². The molecule has 2 saturated carbocycles. The molecule has 1 atom stereocenters. The summed E-state index contributed by atoms with van der Waals surface area (Å²) < 4.78 is 4.27. The fourth-order valence-electron chi connectivity index (χ4n) is 2.10. The van der Waals surface area contributed by atoms with E-state index in [1.54, 1.807) is 0 Å². The largest absolute Gasteiger partial charge is 0.383 e. The lowest BCUT2D eigenvalue weighted by Crippen LogP contribution is -2.17. The average molecular weight is 223 g/mol. The van der Waals surface area contributed by atoms with Crippen LogP contribution in [0.15, 0.2) is 0 Å². The summed E-state index contributed by atoms with van der Waals surface area (Å²) in [6, 6.07) is 0.586. The van der Waals surface area contributed by atoms with Crippen molar-refractivity contribution in [3.05, 3.63) is 5.56 Å². The molecule has 0 spiro atoms. The van der Waals surface area contributed by atoms with E-state index in [9.17, 15) is 0 Å². The van der Waals surface area contributed by atoms with Gasteiger partial charge in [-0.1, -0.05) is 0 Å². The molecule has 1 aromatic rings. The lowest BCUT2D eigenvalue weighted by molar-refractivity contribution is 0.695. The number of anilines is 2. The Balaban J connectivity index is 1.77. The van der Waals surface area contributed by atoms with Gasteiger partial charge in [0.15, 0.2) is 0 Å². The molecule has 3 N–H and O–H groups in total. The molecule has 1 heterocycles. The molecule has 0 aromatic carbocycles. The van der Waals surface area contributed by atoms with Gasteiger partial charge in [-0.05, 0) is 56.0 Å². The zero-order valence-electron chi connectivity index (χ0n) is 8.99. The van der Waals surface area contributed by atoms with Crippen LogP contribution < -0.4 is 11.1 Å². The summed E-state index contributed by atoms with van der Waals surface area (Å²) in [6.07, 6.45) is 5.33. The highest BCUT2D eigenvalue weighted by Crippen LogP contribution is 2.48. The van der Waals surface area contributed by atoms with Crippen molar-refractivity contribution in [3.8, 4) is 0 Å². The van der Waals surface area contributed by atoms with Gasteiger partial charge < -0.3 is 11.1 Å². The van der Waals surface area contributed by atoms with E-state index in [-0.39, 0.29) is 0 Å². The highest BCUT2D eigenvalue weighted by atomic mass is 32.1. The summed E-state index contributed by atoms with van der Waals surface area (Å²) in [6.45, 7) is 2.27. The van der Waals surface area contributed by atoms with Crippen molar-refractivity contribution < 1.29 is 0 Å². The number of rotatable bonds is 4. The van der Waals surface area contributed by atoms with E-state index in [1.165, 1.54) is 47.8 Å². The zero-order valence-corrected chi connectivity index (χ0v) is 9.81. The van der Waals surface area contributed by atoms with Crippen molar-refractivity contribution in [3.63, 3.8) is 0 Å². The molecular weight excluding hydrogens is 206 g/mol. The maximum atomic E-state index is 5.91. The Morgan fingerprint density at radius 1 is 1.40 bits per heavy atom. The molecule has 0 bridgehead atoms. The highest BCUT2D eigenvalue weighted by molar-refractivity contribution is 7.10. The van der Waals surface area contributed by atoms with Crippen LogP contribution >= 0.6 is 11.5 Å². The number of nitrogens with one attached hydrogen (secondary N) is 1. The van der Waals surface area contributed by atoms with E-state index in [0.717, 1.165) is 11.7 Å². The van der Waals surface area contributed by atoms with E-state index < -0.39 is 0 Å². The fourth-order valence-corrected chi connectivity index (χ4v) is 3.00. The van der Waals surface area contributed by atoms with Crippen LogP contribution in [0.1, 0.15) is 44.1 Å². The first-order valence-electron chi connectivity index (χ1n) is 5.77. The Morgan fingerprint density at radius 2 is 2.13 bits per heavy atom. The van der Waals surface area contributed by atoms with Crippen molar-refractivity contribution in [2.75, 3.05) is 11.1 Å². The minimum Gasteiger partial charge on any atom is -0.383 e. The molecule has 0 aliphatic heterocycles. The molecule has 82 valence electrons. The summed E-state index contributed by atoms with van der Waals surface area (Å²) in [5.41, 5.74) is 7.21. The lowest BCUT2D eigenvalue weighted by atomic mass is 10.2. The predicted molar refractivity (Wildman–Crippen MR) is 64.3 cm³/mol. The molecule has 2 aliphatic carbocycles. The average Bonchev–Trinajstić information content (AvgIpc) is 3.09. The minimum atomic E-state index is 0.586. The van der Waals surface area contributed by atoms with Crippen LogP contribution in [-0.4, -0.2) is 10.4 Å². The molecule has 2 fully saturated rings. The Bertz CT molecular complexity index is 366. The molecule has 0 radical (unpaired) electrons. The second-order valence-corrected chi connectivity index (χ2v) is 5.63. The van der Waals surface area contributed by atoms with E-state index in [4.69, 9.17) is 5.73 Å². The molecule has 3 rings (SSSR count). The summed E-state index contributed by atoms with van der Waals surface area (Å²) in [5, 5.41) is 4.82. The number of nitrogen functional groups attached to an aromatic ring is 1. The first-order valence-corrected chi connectivity index (χ1v) is 6.54. The third-order valence-electron chi connectivity index (χ3n) is 3.43. The Labute approximate surface area is 94.2 Å². The number of hydrogen-bond donors (Lipinski definition) is 2. The van der Waals surface area contributed by atoms with Gasteiger partial charge in [0.05, 0.1) is 0 Å². The standard InChI is InChI=1S/C11H17N3S/c1-6(7-2-3-7)13-11-9(8-4-5-8)10(12)14-15-11/h6-8,13H,2-5H2,1H3,(H2,12,14). The summed E-state index contributed by atoms with van der Waals surface area (Å²) >= 11 is 1.53. The Hall–Kier alpha value is -0.770. The van der Waals surface area contributed by atoms with E-state index in [1.807, 2.05) is 0 Å². The normalized spacial score (nSPS) is 22.7. The second kappa shape index (κ2) is 3.37. The molecule has 15 heavy (non-hydrogen) atoms. The predicted octanol–water partition coefficient (Wildman–Crippen LogP) is 2.81. The van der Waals surface area contributed by atoms with Crippen LogP contribution in [0.3, 0.4) is 0 Å². The molecule has 3 nitrogen and oxygen atoms in total. The first-order chi connectivity index (χ1) is 7.25. The van der Waals surface area contributed by atoms with Gasteiger partial charge in [-0.2, -0.15) is 4.37 Å². The molecule has 0 saturated heterocycles. The fraction of sp³-hybridized carbons (Fsp3) is 0.727. The topological polar surface area (TPSA) is 50.9 Å². The van der Waals surface area contributed by atoms with E-state index in [2.05, 4.69) is 16.6 Å². The first kappa shape index (κ1) is 9.46. The molecule has 0 amide bonds. The van der Waals surface area contributed by atoms with Crippen LogP contribution in [0.2, 0.25) is 0 Å². The Morgan fingerprint density at radius 3 is 2.73 bits per heavy atom. The zero-order chi connectivity index (χ0) is 10.4.